The van der Waals surface area contributed by atoms with E-state index in [1.165, 1.54) is 11.3 Å². The Balaban J connectivity index is 1.75. The van der Waals surface area contributed by atoms with Crippen LogP contribution in [0.15, 0.2) is 54.7 Å². The van der Waals surface area contributed by atoms with Gasteiger partial charge in [0.1, 0.15) is 5.01 Å². The molecule has 120 valence electrons. The van der Waals surface area contributed by atoms with Crippen molar-refractivity contribution in [2.24, 2.45) is 0 Å². The Morgan fingerprint density at radius 1 is 1.08 bits per heavy atom. The lowest BCUT2D eigenvalue weighted by Gasteiger charge is -1.99. The molecule has 7 heteroatoms. The maximum absolute atomic E-state index is 10.9. The number of hydrogen-bond acceptors (Lipinski definition) is 5. The Labute approximate surface area is 146 Å². The number of fused-ring (bicyclic) bond motifs is 1. The van der Waals surface area contributed by atoms with Crippen molar-refractivity contribution in [1.29, 1.82) is 5.26 Å². The van der Waals surface area contributed by atoms with Crippen molar-refractivity contribution in [3.63, 3.8) is 0 Å². The number of benzene rings is 2. The Bertz CT molecular complexity index is 1120. The van der Waals surface area contributed by atoms with Crippen molar-refractivity contribution in [1.82, 2.24) is 14.6 Å². The Kier molecular flexibility index (Phi) is 3.52. The van der Waals surface area contributed by atoms with E-state index in [9.17, 15) is 4.79 Å². The summed E-state index contributed by atoms with van der Waals surface area (Å²) in [6.07, 6.45) is 1.75. The second-order valence-corrected chi connectivity index (χ2v) is 6.27. The van der Waals surface area contributed by atoms with Crippen LogP contribution < -0.4 is 0 Å². The van der Waals surface area contributed by atoms with E-state index in [-0.39, 0.29) is 5.56 Å². The highest BCUT2D eigenvalue weighted by atomic mass is 32.1. The molecule has 25 heavy (non-hydrogen) atoms. The van der Waals surface area contributed by atoms with E-state index in [0.717, 1.165) is 26.8 Å². The van der Waals surface area contributed by atoms with Gasteiger partial charge >= 0.3 is 5.97 Å². The molecule has 0 aliphatic heterocycles. The third kappa shape index (κ3) is 2.65. The van der Waals surface area contributed by atoms with E-state index < -0.39 is 5.97 Å². The fourth-order valence-electron chi connectivity index (χ4n) is 2.48. The van der Waals surface area contributed by atoms with Gasteiger partial charge in [-0.2, -0.15) is 10.4 Å². The first-order valence-corrected chi connectivity index (χ1v) is 8.16. The number of imidazole rings is 1. The summed E-state index contributed by atoms with van der Waals surface area (Å²) in [5.41, 5.74) is 3.44. The van der Waals surface area contributed by atoms with E-state index >= 15 is 0 Å². The fraction of sp³-hybridized carbons (Fsp3) is 0. The van der Waals surface area contributed by atoms with Crippen molar-refractivity contribution >= 4 is 22.3 Å². The molecule has 0 atom stereocenters. The SMILES string of the molecule is N#Cc1ccc(-c2cnc3sc(-c4ccc(C(=O)O)cc4)nn23)cc1. The van der Waals surface area contributed by atoms with Gasteiger partial charge in [0, 0.05) is 11.1 Å². The quantitative estimate of drug-likeness (QED) is 0.611. The lowest BCUT2D eigenvalue weighted by molar-refractivity contribution is 0.0697. The summed E-state index contributed by atoms with van der Waals surface area (Å²) in [6.45, 7) is 0. The molecule has 2 heterocycles. The summed E-state index contributed by atoms with van der Waals surface area (Å²) < 4.78 is 1.76. The highest BCUT2D eigenvalue weighted by molar-refractivity contribution is 7.19. The minimum absolute atomic E-state index is 0.239. The van der Waals surface area contributed by atoms with E-state index in [2.05, 4.69) is 16.2 Å². The molecule has 0 radical (unpaired) electrons. The zero-order valence-corrected chi connectivity index (χ0v) is 13.6. The molecule has 0 aliphatic rings. The van der Waals surface area contributed by atoms with Crippen LogP contribution in [0, 0.1) is 11.3 Å². The topological polar surface area (TPSA) is 91.3 Å². The number of carboxylic acids is 1. The molecule has 0 fully saturated rings. The summed E-state index contributed by atoms with van der Waals surface area (Å²) in [7, 11) is 0. The average Bonchev–Trinajstić information content (AvgIpc) is 3.22. The zero-order valence-electron chi connectivity index (χ0n) is 12.7. The normalized spacial score (nSPS) is 10.7. The van der Waals surface area contributed by atoms with Crippen LogP contribution in [0.25, 0.3) is 26.8 Å². The minimum Gasteiger partial charge on any atom is -0.478 e. The van der Waals surface area contributed by atoms with E-state index in [0.29, 0.717) is 5.56 Å². The van der Waals surface area contributed by atoms with E-state index in [4.69, 9.17) is 10.4 Å². The number of nitrogens with zero attached hydrogens (tertiary/aromatic N) is 4. The fourth-order valence-corrected chi connectivity index (χ4v) is 3.36. The van der Waals surface area contributed by atoms with Gasteiger partial charge < -0.3 is 5.11 Å². The monoisotopic (exact) mass is 346 g/mol. The van der Waals surface area contributed by atoms with Crippen LogP contribution in [0.5, 0.6) is 0 Å². The molecule has 0 unspecified atom stereocenters. The Morgan fingerprint density at radius 3 is 2.40 bits per heavy atom. The highest BCUT2D eigenvalue weighted by Gasteiger charge is 2.13. The number of carbonyl (C=O) groups is 1. The molecule has 2 aromatic carbocycles. The number of carboxylic acid groups (broad SMARTS) is 1. The van der Waals surface area contributed by atoms with Gasteiger partial charge in [0.2, 0.25) is 4.96 Å². The lowest BCUT2D eigenvalue weighted by atomic mass is 10.1. The maximum Gasteiger partial charge on any atom is 0.335 e. The summed E-state index contributed by atoms with van der Waals surface area (Å²) in [4.78, 5) is 16.1. The summed E-state index contributed by atoms with van der Waals surface area (Å²) in [5, 5.41) is 23.2. The van der Waals surface area contributed by atoms with Crippen molar-refractivity contribution < 1.29 is 9.90 Å². The standard InChI is InChI=1S/C18H10N4O2S/c19-9-11-1-3-12(4-2-11)15-10-20-18-22(15)21-16(25-18)13-5-7-14(8-6-13)17(23)24/h1-8,10H,(H,23,24). The Hall–Kier alpha value is -3.50. The molecule has 0 aliphatic carbocycles. The second kappa shape index (κ2) is 5.85. The molecule has 0 spiro atoms. The van der Waals surface area contributed by atoms with Crippen LogP contribution in [-0.4, -0.2) is 25.7 Å². The van der Waals surface area contributed by atoms with Crippen molar-refractivity contribution in [3.8, 4) is 27.9 Å². The van der Waals surface area contributed by atoms with Gasteiger partial charge in [-0.15, -0.1) is 0 Å². The van der Waals surface area contributed by atoms with Crippen LogP contribution in [-0.2, 0) is 0 Å². The largest absolute Gasteiger partial charge is 0.478 e. The zero-order chi connectivity index (χ0) is 17.4. The molecule has 0 saturated heterocycles. The van der Waals surface area contributed by atoms with Crippen LogP contribution >= 0.6 is 11.3 Å². The number of aromatic carboxylic acids is 1. The number of rotatable bonds is 3. The predicted molar refractivity (Wildman–Crippen MR) is 93.4 cm³/mol. The molecule has 0 bridgehead atoms. The van der Waals surface area contributed by atoms with Crippen molar-refractivity contribution in [2.75, 3.05) is 0 Å². The molecule has 6 nitrogen and oxygen atoms in total. The van der Waals surface area contributed by atoms with Gasteiger partial charge in [0.25, 0.3) is 0 Å². The Morgan fingerprint density at radius 2 is 1.76 bits per heavy atom. The molecular weight excluding hydrogens is 336 g/mol. The maximum atomic E-state index is 10.9. The van der Waals surface area contributed by atoms with Gasteiger partial charge in [-0.1, -0.05) is 35.6 Å². The summed E-state index contributed by atoms with van der Waals surface area (Å²) in [5.74, 6) is -0.955. The molecule has 4 rings (SSSR count). The summed E-state index contributed by atoms with van der Waals surface area (Å²) in [6, 6.07) is 15.9. The number of aromatic nitrogens is 3. The van der Waals surface area contributed by atoms with E-state index in [1.54, 1.807) is 47.1 Å². The first-order valence-electron chi connectivity index (χ1n) is 7.34. The first kappa shape index (κ1) is 15.1. The van der Waals surface area contributed by atoms with Crippen LogP contribution in [0.3, 0.4) is 0 Å². The lowest BCUT2D eigenvalue weighted by Crippen LogP contribution is -1.95. The van der Waals surface area contributed by atoms with Gasteiger partial charge in [-0.3, -0.25) is 0 Å². The van der Waals surface area contributed by atoms with Gasteiger partial charge in [-0.25, -0.2) is 14.3 Å². The van der Waals surface area contributed by atoms with Crippen LogP contribution in [0.4, 0.5) is 0 Å². The van der Waals surface area contributed by atoms with Crippen molar-refractivity contribution in [2.45, 2.75) is 0 Å². The molecule has 1 N–H and O–H groups in total. The number of hydrogen-bond donors (Lipinski definition) is 1. The first-order chi connectivity index (χ1) is 12.2. The van der Waals surface area contributed by atoms with Crippen LogP contribution in [0.1, 0.15) is 15.9 Å². The molecule has 0 saturated carbocycles. The molecular formula is C18H10N4O2S. The average molecular weight is 346 g/mol. The van der Waals surface area contributed by atoms with Gasteiger partial charge in [0.05, 0.1) is 29.1 Å². The minimum atomic E-state index is -0.955. The number of nitriles is 1. The van der Waals surface area contributed by atoms with Gasteiger partial charge in [-0.05, 0) is 24.3 Å². The summed E-state index contributed by atoms with van der Waals surface area (Å²) >= 11 is 1.43. The second-order valence-electron chi connectivity index (χ2n) is 5.32. The smallest absolute Gasteiger partial charge is 0.335 e. The highest BCUT2D eigenvalue weighted by Crippen LogP contribution is 2.29. The molecule has 0 amide bonds. The van der Waals surface area contributed by atoms with Crippen molar-refractivity contribution in [3.05, 3.63) is 65.9 Å². The molecule has 2 aromatic heterocycles. The predicted octanol–water partition coefficient (Wildman–Crippen LogP) is 3.69. The van der Waals surface area contributed by atoms with E-state index in [1.807, 2.05) is 12.1 Å². The third-order valence-electron chi connectivity index (χ3n) is 3.77. The van der Waals surface area contributed by atoms with Crippen LogP contribution in [0.2, 0.25) is 0 Å². The van der Waals surface area contributed by atoms with Gasteiger partial charge in [0.15, 0.2) is 0 Å². The third-order valence-corrected chi connectivity index (χ3v) is 4.75. The molecule has 4 aromatic rings.